The number of nitrogens with zero attached hydrogens (tertiary/aromatic N) is 4. The number of carbonyl (C=O) groups is 2. The Morgan fingerprint density at radius 3 is 2.08 bits per heavy atom. The molecule has 3 amide bonds. The topological polar surface area (TPSA) is 71.2 Å². The Morgan fingerprint density at radius 1 is 0.846 bits per heavy atom. The summed E-state index contributed by atoms with van der Waals surface area (Å²) in [5.74, 6) is -0.164. The number of nitrogens with one attached hydrogen (secondary N) is 2. The van der Waals surface area contributed by atoms with Gasteiger partial charge in [0.05, 0.1) is 12.6 Å². The third-order valence-corrected chi connectivity index (χ3v) is 7.52. The van der Waals surface area contributed by atoms with Gasteiger partial charge < -0.3 is 10.2 Å². The smallest absolute Gasteiger partial charge is 0.340 e. The molecule has 0 bridgehead atoms. The van der Waals surface area contributed by atoms with Crippen molar-refractivity contribution in [3.63, 3.8) is 0 Å². The maximum Gasteiger partial charge on any atom is 0.340 e. The summed E-state index contributed by atoms with van der Waals surface area (Å²) >= 11 is 0. The Balaban J connectivity index is 1.17. The lowest BCUT2D eigenvalue weighted by atomic mass is 9.97. The summed E-state index contributed by atoms with van der Waals surface area (Å²) in [6.45, 7) is 9.23. The van der Waals surface area contributed by atoms with Crippen molar-refractivity contribution in [3.8, 4) is 0 Å². The molecule has 39 heavy (non-hydrogen) atoms. The van der Waals surface area contributed by atoms with Crippen molar-refractivity contribution in [1.29, 1.82) is 0 Å². The molecule has 2 fully saturated rings. The minimum Gasteiger partial charge on any atom is -0.369 e. The first-order valence-corrected chi connectivity index (χ1v) is 13.8. The normalized spacial score (nSPS) is 17.1. The maximum atomic E-state index is 13.3. The number of hydrogen-bond donors (Lipinski definition) is 2. The standard InChI is InChI=1S/C31H38N6O2/c1-24(2)37-31(39)36(23-33-37)28-15-13-27(14-16-28)35-19-17-34(18-20-35)22-29(26-11-7-4-8-12-26)30(38)32-21-25-9-5-3-6-10-25/h3-16,24,29,33H,17-23H2,1-2H3,(H,32,38). The van der Waals surface area contributed by atoms with E-state index in [2.05, 4.69) is 32.7 Å². The largest absolute Gasteiger partial charge is 0.369 e. The maximum absolute atomic E-state index is 13.3. The van der Waals surface area contributed by atoms with Crippen LogP contribution in [0.25, 0.3) is 0 Å². The number of anilines is 2. The van der Waals surface area contributed by atoms with E-state index in [1.807, 2.05) is 86.6 Å². The van der Waals surface area contributed by atoms with Crippen LogP contribution in [0.4, 0.5) is 16.2 Å². The van der Waals surface area contributed by atoms with Gasteiger partial charge in [0.25, 0.3) is 0 Å². The number of hydrazine groups is 1. The van der Waals surface area contributed by atoms with E-state index in [4.69, 9.17) is 0 Å². The summed E-state index contributed by atoms with van der Waals surface area (Å²) in [5.41, 5.74) is 7.34. The molecule has 2 aliphatic rings. The Kier molecular flexibility index (Phi) is 8.44. The van der Waals surface area contributed by atoms with E-state index in [0.29, 0.717) is 19.8 Å². The summed E-state index contributed by atoms with van der Waals surface area (Å²) < 4.78 is 0. The SMILES string of the molecule is CC(C)N1NCN(c2ccc(N3CCN(CC(C(=O)NCc4ccccc4)c4ccccc4)CC3)cc2)C1=O. The molecule has 3 aromatic carbocycles. The lowest BCUT2D eigenvalue weighted by molar-refractivity contribution is -0.123. The van der Waals surface area contributed by atoms with Crippen LogP contribution in [0.2, 0.25) is 0 Å². The van der Waals surface area contributed by atoms with Gasteiger partial charge >= 0.3 is 6.03 Å². The number of piperazine rings is 1. The molecule has 0 saturated carbocycles. The van der Waals surface area contributed by atoms with Gasteiger partial charge in [-0.25, -0.2) is 10.2 Å². The molecule has 8 nitrogen and oxygen atoms in total. The third-order valence-electron chi connectivity index (χ3n) is 7.52. The molecular weight excluding hydrogens is 488 g/mol. The summed E-state index contributed by atoms with van der Waals surface area (Å²) in [6.07, 6.45) is 0. The Bertz CT molecular complexity index is 1230. The number of benzene rings is 3. The lowest BCUT2D eigenvalue weighted by Gasteiger charge is -2.37. The van der Waals surface area contributed by atoms with Gasteiger partial charge in [0.1, 0.15) is 0 Å². The second-order valence-corrected chi connectivity index (χ2v) is 10.5. The van der Waals surface area contributed by atoms with Crippen molar-refractivity contribution >= 4 is 23.3 Å². The zero-order valence-electron chi connectivity index (χ0n) is 22.8. The van der Waals surface area contributed by atoms with Gasteiger partial charge in [-0.1, -0.05) is 60.7 Å². The fraction of sp³-hybridized carbons (Fsp3) is 0.355. The molecular formula is C31H38N6O2. The second-order valence-electron chi connectivity index (χ2n) is 10.5. The van der Waals surface area contributed by atoms with Crippen LogP contribution in [0.5, 0.6) is 0 Å². The second kappa shape index (κ2) is 12.3. The Labute approximate surface area is 231 Å². The summed E-state index contributed by atoms with van der Waals surface area (Å²) in [6, 6.07) is 28.4. The van der Waals surface area contributed by atoms with E-state index in [1.165, 1.54) is 0 Å². The minimum absolute atomic E-state index is 0.0212. The van der Waals surface area contributed by atoms with Crippen molar-refractivity contribution in [3.05, 3.63) is 96.1 Å². The highest BCUT2D eigenvalue weighted by molar-refractivity contribution is 5.93. The fourth-order valence-electron chi connectivity index (χ4n) is 5.24. The minimum atomic E-state index is -0.224. The highest BCUT2D eigenvalue weighted by Gasteiger charge is 2.31. The average molecular weight is 527 g/mol. The molecule has 0 radical (unpaired) electrons. The van der Waals surface area contributed by atoms with E-state index < -0.39 is 0 Å². The molecule has 204 valence electrons. The molecule has 0 aromatic heterocycles. The van der Waals surface area contributed by atoms with Crippen LogP contribution >= 0.6 is 0 Å². The molecule has 0 spiro atoms. The Hall–Kier alpha value is -3.88. The first kappa shape index (κ1) is 26.7. The monoisotopic (exact) mass is 526 g/mol. The lowest BCUT2D eigenvalue weighted by Crippen LogP contribution is -2.49. The highest BCUT2D eigenvalue weighted by Crippen LogP contribution is 2.25. The summed E-state index contributed by atoms with van der Waals surface area (Å²) in [4.78, 5) is 32.5. The van der Waals surface area contributed by atoms with E-state index >= 15 is 0 Å². The van der Waals surface area contributed by atoms with Gasteiger partial charge in [0.15, 0.2) is 0 Å². The predicted octanol–water partition coefficient (Wildman–Crippen LogP) is 4.02. The van der Waals surface area contributed by atoms with Gasteiger partial charge in [-0.05, 0) is 49.2 Å². The van der Waals surface area contributed by atoms with Crippen molar-refractivity contribution in [1.82, 2.24) is 20.7 Å². The van der Waals surface area contributed by atoms with Gasteiger partial charge in [0.2, 0.25) is 5.91 Å². The number of hydrogen-bond acceptors (Lipinski definition) is 5. The van der Waals surface area contributed by atoms with Crippen molar-refractivity contribution < 1.29 is 9.59 Å². The highest BCUT2D eigenvalue weighted by atomic mass is 16.2. The van der Waals surface area contributed by atoms with E-state index in [0.717, 1.165) is 48.7 Å². The Morgan fingerprint density at radius 2 is 1.46 bits per heavy atom. The quantitative estimate of drug-likeness (QED) is 0.441. The molecule has 0 aliphatic carbocycles. The van der Waals surface area contributed by atoms with Gasteiger partial charge in [0, 0.05) is 56.7 Å². The van der Waals surface area contributed by atoms with Crippen molar-refractivity contribution in [2.24, 2.45) is 0 Å². The van der Waals surface area contributed by atoms with Crippen LogP contribution in [0.15, 0.2) is 84.9 Å². The zero-order chi connectivity index (χ0) is 27.2. The molecule has 2 heterocycles. The molecule has 3 aromatic rings. The summed E-state index contributed by atoms with van der Waals surface area (Å²) in [5, 5.41) is 4.82. The molecule has 2 N–H and O–H groups in total. The number of rotatable bonds is 9. The molecule has 1 atom stereocenters. The predicted molar refractivity (Wildman–Crippen MR) is 155 cm³/mol. The van der Waals surface area contributed by atoms with Crippen molar-refractivity contribution in [2.75, 3.05) is 49.2 Å². The molecule has 2 aliphatic heterocycles. The molecule has 8 heteroatoms. The molecule has 2 saturated heterocycles. The first-order valence-electron chi connectivity index (χ1n) is 13.8. The molecule has 1 unspecified atom stereocenters. The van der Waals surface area contributed by atoms with Crippen LogP contribution < -0.4 is 20.5 Å². The summed E-state index contributed by atoms with van der Waals surface area (Å²) in [7, 11) is 0. The van der Waals surface area contributed by atoms with Crippen LogP contribution in [0, 0.1) is 0 Å². The van der Waals surface area contributed by atoms with E-state index in [9.17, 15) is 9.59 Å². The van der Waals surface area contributed by atoms with E-state index in [1.54, 1.807) is 9.91 Å². The first-order chi connectivity index (χ1) is 19.0. The zero-order valence-corrected chi connectivity index (χ0v) is 22.8. The number of urea groups is 1. The van der Waals surface area contributed by atoms with Gasteiger partial charge in [-0.15, -0.1) is 0 Å². The average Bonchev–Trinajstić information content (AvgIpc) is 3.37. The van der Waals surface area contributed by atoms with Crippen LogP contribution in [-0.2, 0) is 11.3 Å². The van der Waals surface area contributed by atoms with Gasteiger partial charge in [-0.2, -0.15) is 0 Å². The van der Waals surface area contributed by atoms with Crippen LogP contribution in [0.3, 0.4) is 0 Å². The van der Waals surface area contributed by atoms with E-state index in [-0.39, 0.29) is 23.9 Å². The fourth-order valence-corrected chi connectivity index (χ4v) is 5.24. The van der Waals surface area contributed by atoms with Crippen LogP contribution in [0.1, 0.15) is 30.9 Å². The third kappa shape index (κ3) is 6.41. The van der Waals surface area contributed by atoms with Gasteiger partial charge in [-0.3, -0.25) is 19.6 Å². The number of amides is 3. The van der Waals surface area contributed by atoms with Crippen molar-refractivity contribution in [2.45, 2.75) is 32.4 Å². The number of carbonyl (C=O) groups excluding carboxylic acids is 2. The molecule has 5 rings (SSSR count). The van der Waals surface area contributed by atoms with Crippen LogP contribution in [-0.4, -0.2) is 67.3 Å².